The molecule has 0 spiro atoms. The molecule has 6 heteroatoms. The van der Waals surface area contributed by atoms with Crippen molar-refractivity contribution in [3.8, 4) is 0 Å². The van der Waals surface area contributed by atoms with Gasteiger partial charge in [0.05, 0.1) is 5.60 Å². The number of methoxy groups -OCH3 is 1. The van der Waals surface area contributed by atoms with Crippen molar-refractivity contribution in [1.82, 2.24) is 9.36 Å². The quantitative estimate of drug-likeness (QED) is 0.824. The fourth-order valence-corrected chi connectivity index (χ4v) is 2.37. The van der Waals surface area contributed by atoms with Crippen LogP contribution in [0.4, 0.5) is 5.13 Å². The SMILES string of the molecule is COCc1nsc(N2CCC(C)(O)C2)n1. The highest BCUT2D eigenvalue weighted by Gasteiger charge is 2.32. The summed E-state index contributed by atoms with van der Waals surface area (Å²) in [5.74, 6) is 0.712. The Morgan fingerprint density at radius 3 is 3.07 bits per heavy atom. The van der Waals surface area contributed by atoms with E-state index in [0.29, 0.717) is 19.0 Å². The molecule has 2 heterocycles. The van der Waals surface area contributed by atoms with Gasteiger partial charge in [0.2, 0.25) is 5.13 Å². The van der Waals surface area contributed by atoms with E-state index in [-0.39, 0.29) is 0 Å². The maximum absolute atomic E-state index is 9.83. The molecule has 1 aromatic heterocycles. The summed E-state index contributed by atoms with van der Waals surface area (Å²) in [5.41, 5.74) is -0.590. The van der Waals surface area contributed by atoms with Crippen molar-refractivity contribution in [1.29, 1.82) is 0 Å². The lowest BCUT2D eigenvalue weighted by Crippen LogP contribution is -2.29. The minimum atomic E-state index is -0.590. The number of anilines is 1. The molecular formula is C9H15N3O2S. The lowest BCUT2D eigenvalue weighted by Gasteiger charge is -2.17. The van der Waals surface area contributed by atoms with Crippen LogP contribution in [0.2, 0.25) is 0 Å². The van der Waals surface area contributed by atoms with E-state index < -0.39 is 5.60 Å². The lowest BCUT2D eigenvalue weighted by atomic mass is 10.1. The highest BCUT2D eigenvalue weighted by molar-refractivity contribution is 7.09. The molecular weight excluding hydrogens is 214 g/mol. The van der Waals surface area contributed by atoms with E-state index >= 15 is 0 Å². The average Bonchev–Trinajstić information content (AvgIpc) is 2.73. The number of aromatic nitrogens is 2. The molecule has 0 aromatic carbocycles. The zero-order valence-corrected chi connectivity index (χ0v) is 9.75. The fraction of sp³-hybridized carbons (Fsp3) is 0.778. The van der Waals surface area contributed by atoms with Gasteiger partial charge >= 0.3 is 0 Å². The second kappa shape index (κ2) is 4.03. The molecule has 1 fully saturated rings. The van der Waals surface area contributed by atoms with Gasteiger partial charge in [-0.05, 0) is 13.3 Å². The summed E-state index contributed by atoms with van der Waals surface area (Å²) in [7, 11) is 1.63. The molecule has 1 aliphatic heterocycles. The largest absolute Gasteiger partial charge is 0.388 e. The summed E-state index contributed by atoms with van der Waals surface area (Å²) in [6.07, 6.45) is 0.784. The van der Waals surface area contributed by atoms with E-state index in [0.717, 1.165) is 18.1 Å². The molecule has 1 aliphatic rings. The summed E-state index contributed by atoms with van der Waals surface area (Å²) < 4.78 is 9.14. The number of hydrogen-bond donors (Lipinski definition) is 1. The van der Waals surface area contributed by atoms with Gasteiger partial charge in [-0.3, -0.25) is 0 Å². The summed E-state index contributed by atoms with van der Waals surface area (Å²) in [5, 5.41) is 10.7. The molecule has 1 unspecified atom stereocenters. The van der Waals surface area contributed by atoms with Gasteiger partial charge in [-0.25, -0.2) is 4.98 Å². The van der Waals surface area contributed by atoms with E-state index in [9.17, 15) is 5.11 Å². The van der Waals surface area contributed by atoms with Gasteiger partial charge in [-0.2, -0.15) is 4.37 Å². The Morgan fingerprint density at radius 2 is 2.47 bits per heavy atom. The molecule has 2 rings (SSSR count). The highest BCUT2D eigenvalue weighted by Crippen LogP contribution is 2.27. The Labute approximate surface area is 92.9 Å². The fourth-order valence-electron chi connectivity index (χ4n) is 1.67. The third kappa shape index (κ3) is 2.45. The van der Waals surface area contributed by atoms with Crippen LogP contribution in [0.5, 0.6) is 0 Å². The standard InChI is InChI=1S/C9H15N3O2S/c1-9(13)3-4-12(6-9)8-10-7(5-14-2)11-15-8/h13H,3-6H2,1-2H3. The van der Waals surface area contributed by atoms with Crippen molar-refractivity contribution in [3.63, 3.8) is 0 Å². The van der Waals surface area contributed by atoms with Crippen LogP contribution >= 0.6 is 11.5 Å². The van der Waals surface area contributed by atoms with Crippen LogP contribution in [0.3, 0.4) is 0 Å². The van der Waals surface area contributed by atoms with Crippen molar-refractivity contribution >= 4 is 16.7 Å². The first-order valence-electron chi connectivity index (χ1n) is 4.89. The van der Waals surface area contributed by atoms with Gasteiger partial charge in [-0.1, -0.05) is 0 Å². The van der Waals surface area contributed by atoms with E-state index in [1.807, 2.05) is 6.92 Å². The number of ether oxygens (including phenoxy) is 1. The summed E-state index contributed by atoms with van der Waals surface area (Å²) in [4.78, 5) is 6.41. The molecule has 1 saturated heterocycles. The Hall–Kier alpha value is -0.720. The minimum Gasteiger partial charge on any atom is -0.388 e. The molecule has 1 N–H and O–H groups in total. The summed E-state index contributed by atoms with van der Waals surface area (Å²) in [6, 6.07) is 0. The van der Waals surface area contributed by atoms with Crippen LogP contribution in [0, 0.1) is 0 Å². The van der Waals surface area contributed by atoms with Crippen LogP contribution in [0.25, 0.3) is 0 Å². The predicted molar refractivity (Wildman–Crippen MR) is 58.1 cm³/mol. The second-order valence-corrected chi connectivity index (χ2v) is 4.82. The molecule has 0 radical (unpaired) electrons. The zero-order valence-electron chi connectivity index (χ0n) is 8.93. The first kappa shape index (κ1) is 10.8. The zero-order chi connectivity index (χ0) is 10.9. The Morgan fingerprint density at radius 1 is 1.67 bits per heavy atom. The molecule has 84 valence electrons. The highest BCUT2D eigenvalue weighted by atomic mass is 32.1. The summed E-state index contributed by atoms with van der Waals surface area (Å²) >= 11 is 1.36. The van der Waals surface area contributed by atoms with E-state index in [1.54, 1.807) is 7.11 Å². The predicted octanol–water partition coefficient (Wildman–Crippen LogP) is 0.646. The second-order valence-electron chi connectivity index (χ2n) is 4.09. The molecule has 15 heavy (non-hydrogen) atoms. The van der Waals surface area contributed by atoms with Crippen molar-refractivity contribution in [2.45, 2.75) is 25.6 Å². The smallest absolute Gasteiger partial charge is 0.205 e. The molecule has 1 aromatic rings. The van der Waals surface area contributed by atoms with Crippen molar-refractivity contribution in [2.24, 2.45) is 0 Å². The van der Waals surface area contributed by atoms with Crippen LogP contribution in [-0.4, -0.2) is 40.3 Å². The normalized spacial score (nSPS) is 26.2. The minimum absolute atomic E-state index is 0.445. The van der Waals surface area contributed by atoms with Crippen molar-refractivity contribution in [2.75, 3.05) is 25.1 Å². The molecule has 1 atom stereocenters. The van der Waals surface area contributed by atoms with Gasteiger partial charge in [0, 0.05) is 31.7 Å². The van der Waals surface area contributed by atoms with Gasteiger partial charge in [-0.15, -0.1) is 0 Å². The Kier molecular flexibility index (Phi) is 2.90. The number of β-amino-alcohol motifs (C(OH)–C–C–N with tert-alkyl or cyclic N) is 1. The van der Waals surface area contributed by atoms with Crippen LogP contribution < -0.4 is 4.90 Å². The first-order chi connectivity index (χ1) is 7.11. The summed E-state index contributed by atoms with van der Waals surface area (Å²) in [6.45, 7) is 3.77. The van der Waals surface area contributed by atoms with Crippen LogP contribution in [-0.2, 0) is 11.3 Å². The third-order valence-electron chi connectivity index (χ3n) is 2.45. The van der Waals surface area contributed by atoms with E-state index in [1.165, 1.54) is 11.5 Å². The van der Waals surface area contributed by atoms with Gasteiger partial charge in [0.25, 0.3) is 0 Å². The maximum Gasteiger partial charge on any atom is 0.205 e. The average molecular weight is 229 g/mol. The monoisotopic (exact) mass is 229 g/mol. The molecule has 0 amide bonds. The molecule has 5 nitrogen and oxygen atoms in total. The van der Waals surface area contributed by atoms with Crippen molar-refractivity contribution in [3.05, 3.63) is 5.82 Å². The topological polar surface area (TPSA) is 58.5 Å². The number of aliphatic hydroxyl groups is 1. The third-order valence-corrected chi connectivity index (χ3v) is 3.27. The number of hydrogen-bond acceptors (Lipinski definition) is 6. The van der Waals surface area contributed by atoms with Gasteiger partial charge in [0.15, 0.2) is 5.82 Å². The van der Waals surface area contributed by atoms with Crippen molar-refractivity contribution < 1.29 is 9.84 Å². The molecule has 0 saturated carbocycles. The Bertz CT molecular complexity index is 340. The van der Waals surface area contributed by atoms with Gasteiger partial charge < -0.3 is 14.7 Å². The van der Waals surface area contributed by atoms with E-state index in [4.69, 9.17) is 4.74 Å². The maximum atomic E-state index is 9.83. The van der Waals surface area contributed by atoms with Crippen LogP contribution in [0.1, 0.15) is 19.2 Å². The molecule has 0 aliphatic carbocycles. The number of nitrogens with zero attached hydrogens (tertiary/aromatic N) is 3. The first-order valence-corrected chi connectivity index (χ1v) is 5.67. The number of rotatable bonds is 3. The Balaban J connectivity index is 2.04. The molecule has 0 bridgehead atoms. The lowest BCUT2D eigenvalue weighted by molar-refractivity contribution is 0.0839. The van der Waals surface area contributed by atoms with E-state index in [2.05, 4.69) is 14.3 Å². The van der Waals surface area contributed by atoms with Gasteiger partial charge in [0.1, 0.15) is 6.61 Å². The van der Waals surface area contributed by atoms with Crippen LogP contribution in [0.15, 0.2) is 0 Å².